The standard InChI is InChI=1S/C16H21NO3/c18-15(10-3-4-11-16(19)20)17-12-6-5-8-13-7-1-2-9-14(13)17/h1-2,7,9H,3-6,8,10-12H2,(H,19,20). The second-order valence-corrected chi connectivity index (χ2v) is 5.23. The molecule has 0 aromatic heterocycles. The number of hydrogen-bond donors (Lipinski definition) is 1. The van der Waals surface area contributed by atoms with Crippen molar-refractivity contribution in [3.63, 3.8) is 0 Å². The lowest BCUT2D eigenvalue weighted by atomic mass is 10.1. The summed E-state index contributed by atoms with van der Waals surface area (Å²) in [5.41, 5.74) is 2.28. The first kappa shape index (κ1) is 14.6. The molecule has 0 unspecified atom stereocenters. The van der Waals surface area contributed by atoms with Crippen LogP contribution in [0.2, 0.25) is 0 Å². The van der Waals surface area contributed by atoms with Gasteiger partial charge in [-0.15, -0.1) is 0 Å². The molecule has 20 heavy (non-hydrogen) atoms. The number of rotatable bonds is 5. The van der Waals surface area contributed by atoms with E-state index >= 15 is 0 Å². The Morgan fingerprint density at radius 1 is 1.10 bits per heavy atom. The second kappa shape index (κ2) is 7.08. The quantitative estimate of drug-likeness (QED) is 0.840. The third kappa shape index (κ3) is 3.83. The van der Waals surface area contributed by atoms with Crippen LogP contribution < -0.4 is 4.90 Å². The molecule has 0 radical (unpaired) electrons. The van der Waals surface area contributed by atoms with Gasteiger partial charge < -0.3 is 10.0 Å². The van der Waals surface area contributed by atoms with Crippen LogP contribution in [0.5, 0.6) is 0 Å². The van der Waals surface area contributed by atoms with E-state index in [1.165, 1.54) is 5.56 Å². The molecule has 108 valence electrons. The number of nitrogens with zero attached hydrogens (tertiary/aromatic N) is 1. The van der Waals surface area contributed by atoms with Crippen molar-refractivity contribution in [1.29, 1.82) is 0 Å². The average Bonchev–Trinajstić information content (AvgIpc) is 2.65. The van der Waals surface area contributed by atoms with Gasteiger partial charge in [0.05, 0.1) is 0 Å². The van der Waals surface area contributed by atoms with Gasteiger partial charge in [0.2, 0.25) is 5.91 Å². The Bertz CT molecular complexity index is 484. The summed E-state index contributed by atoms with van der Waals surface area (Å²) in [6.07, 6.45) is 4.94. The van der Waals surface area contributed by atoms with E-state index in [4.69, 9.17) is 5.11 Å². The Morgan fingerprint density at radius 2 is 1.85 bits per heavy atom. The van der Waals surface area contributed by atoms with Crippen LogP contribution in [-0.4, -0.2) is 23.5 Å². The van der Waals surface area contributed by atoms with E-state index in [0.29, 0.717) is 19.3 Å². The van der Waals surface area contributed by atoms with Gasteiger partial charge in [0.1, 0.15) is 0 Å². The maximum Gasteiger partial charge on any atom is 0.303 e. The van der Waals surface area contributed by atoms with Gasteiger partial charge in [-0.1, -0.05) is 18.2 Å². The van der Waals surface area contributed by atoms with Crippen molar-refractivity contribution in [1.82, 2.24) is 0 Å². The lowest BCUT2D eigenvalue weighted by molar-refractivity contribution is -0.137. The van der Waals surface area contributed by atoms with E-state index in [0.717, 1.165) is 31.5 Å². The van der Waals surface area contributed by atoms with Crippen LogP contribution in [0.15, 0.2) is 24.3 Å². The van der Waals surface area contributed by atoms with Crippen molar-refractivity contribution in [3.8, 4) is 0 Å². The van der Waals surface area contributed by atoms with E-state index < -0.39 is 5.97 Å². The lowest BCUT2D eigenvalue weighted by Crippen LogP contribution is -2.31. The number of unbranched alkanes of at least 4 members (excludes halogenated alkanes) is 1. The molecule has 0 spiro atoms. The highest BCUT2D eigenvalue weighted by atomic mass is 16.4. The summed E-state index contributed by atoms with van der Waals surface area (Å²) in [7, 11) is 0. The molecule has 1 heterocycles. The van der Waals surface area contributed by atoms with Gasteiger partial charge in [-0.3, -0.25) is 9.59 Å². The number of amides is 1. The topological polar surface area (TPSA) is 57.6 Å². The molecule has 1 aromatic rings. The normalized spacial score (nSPS) is 14.5. The fraction of sp³-hybridized carbons (Fsp3) is 0.500. The maximum atomic E-state index is 12.3. The zero-order valence-corrected chi connectivity index (χ0v) is 11.7. The minimum atomic E-state index is -0.794. The Hall–Kier alpha value is -1.84. The van der Waals surface area contributed by atoms with Crippen molar-refractivity contribution in [2.75, 3.05) is 11.4 Å². The highest BCUT2D eigenvalue weighted by Crippen LogP contribution is 2.26. The predicted octanol–water partition coefficient (Wildman–Crippen LogP) is 3.00. The summed E-state index contributed by atoms with van der Waals surface area (Å²) in [6, 6.07) is 8.08. The molecule has 0 aliphatic carbocycles. The van der Waals surface area contributed by atoms with Gasteiger partial charge in [0.25, 0.3) is 0 Å². The van der Waals surface area contributed by atoms with Crippen LogP contribution in [0.3, 0.4) is 0 Å². The zero-order chi connectivity index (χ0) is 14.4. The molecule has 1 N–H and O–H groups in total. The molecule has 0 saturated carbocycles. The number of benzene rings is 1. The largest absolute Gasteiger partial charge is 0.481 e. The second-order valence-electron chi connectivity index (χ2n) is 5.23. The Kier molecular flexibility index (Phi) is 5.16. The molecular formula is C16H21NO3. The van der Waals surface area contributed by atoms with E-state index in [2.05, 4.69) is 6.07 Å². The van der Waals surface area contributed by atoms with Gasteiger partial charge in [0, 0.05) is 25.1 Å². The summed E-state index contributed by atoms with van der Waals surface area (Å²) in [4.78, 5) is 24.7. The summed E-state index contributed by atoms with van der Waals surface area (Å²) < 4.78 is 0. The van der Waals surface area contributed by atoms with E-state index in [-0.39, 0.29) is 12.3 Å². The highest BCUT2D eigenvalue weighted by molar-refractivity contribution is 5.94. The van der Waals surface area contributed by atoms with Gasteiger partial charge in [0.15, 0.2) is 0 Å². The Morgan fingerprint density at radius 3 is 2.65 bits per heavy atom. The predicted molar refractivity (Wildman–Crippen MR) is 77.8 cm³/mol. The number of para-hydroxylation sites is 1. The molecular weight excluding hydrogens is 254 g/mol. The molecule has 1 amide bonds. The van der Waals surface area contributed by atoms with Crippen molar-refractivity contribution in [2.45, 2.75) is 44.9 Å². The molecule has 1 aliphatic rings. The van der Waals surface area contributed by atoms with Crippen molar-refractivity contribution < 1.29 is 14.7 Å². The Labute approximate surface area is 119 Å². The van der Waals surface area contributed by atoms with E-state index in [9.17, 15) is 9.59 Å². The first-order valence-corrected chi connectivity index (χ1v) is 7.28. The first-order valence-electron chi connectivity index (χ1n) is 7.28. The number of carbonyl (C=O) groups excluding carboxylic acids is 1. The summed E-state index contributed by atoms with van der Waals surface area (Å²) in [5, 5.41) is 8.60. The number of carbonyl (C=O) groups is 2. The highest BCUT2D eigenvalue weighted by Gasteiger charge is 2.20. The number of anilines is 1. The molecule has 4 nitrogen and oxygen atoms in total. The number of aliphatic carboxylic acids is 1. The summed E-state index contributed by atoms with van der Waals surface area (Å²) in [5.74, 6) is -0.678. The van der Waals surface area contributed by atoms with Gasteiger partial charge in [-0.05, 0) is 43.7 Å². The molecule has 4 heteroatoms. The van der Waals surface area contributed by atoms with Crippen LogP contribution >= 0.6 is 0 Å². The fourth-order valence-electron chi connectivity index (χ4n) is 2.64. The lowest BCUT2D eigenvalue weighted by Gasteiger charge is -2.23. The molecule has 0 atom stereocenters. The molecule has 1 aromatic carbocycles. The molecule has 2 rings (SSSR count). The zero-order valence-electron chi connectivity index (χ0n) is 11.7. The number of carboxylic acid groups (broad SMARTS) is 1. The number of hydrogen-bond acceptors (Lipinski definition) is 2. The maximum absolute atomic E-state index is 12.3. The van der Waals surface area contributed by atoms with E-state index in [1.54, 1.807) is 0 Å². The third-order valence-corrected chi connectivity index (χ3v) is 3.69. The Balaban J connectivity index is 1.97. The molecule has 0 saturated heterocycles. The molecule has 0 bridgehead atoms. The van der Waals surface area contributed by atoms with Crippen LogP contribution in [0.1, 0.15) is 44.1 Å². The molecule has 1 aliphatic heterocycles. The number of fused-ring (bicyclic) bond motifs is 1. The minimum Gasteiger partial charge on any atom is -0.481 e. The van der Waals surface area contributed by atoms with Gasteiger partial charge in [-0.2, -0.15) is 0 Å². The minimum absolute atomic E-state index is 0.115. The monoisotopic (exact) mass is 275 g/mol. The van der Waals surface area contributed by atoms with Crippen molar-refractivity contribution in [3.05, 3.63) is 29.8 Å². The third-order valence-electron chi connectivity index (χ3n) is 3.69. The SMILES string of the molecule is O=C(O)CCCCC(=O)N1CCCCc2ccccc21. The fourth-order valence-corrected chi connectivity index (χ4v) is 2.64. The van der Waals surface area contributed by atoms with Gasteiger partial charge >= 0.3 is 5.97 Å². The summed E-state index contributed by atoms with van der Waals surface area (Å²) >= 11 is 0. The van der Waals surface area contributed by atoms with Crippen LogP contribution in [0, 0.1) is 0 Å². The first-order chi connectivity index (χ1) is 9.68. The van der Waals surface area contributed by atoms with Crippen LogP contribution in [0.4, 0.5) is 5.69 Å². The average molecular weight is 275 g/mol. The summed E-state index contributed by atoms with van der Waals surface area (Å²) in [6.45, 7) is 0.773. The van der Waals surface area contributed by atoms with Crippen molar-refractivity contribution >= 4 is 17.6 Å². The number of carboxylic acids is 1. The van der Waals surface area contributed by atoms with Crippen LogP contribution in [0.25, 0.3) is 0 Å². The van der Waals surface area contributed by atoms with Crippen molar-refractivity contribution in [2.24, 2.45) is 0 Å². The molecule has 0 fully saturated rings. The number of aryl methyl sites for hydroxylation is 1. The van der Waals surface area contributed by atoms with E-state index in [1.807, 2.05) is 23.1 Å². The smallest absolute Gasteiger partial charge is 0.303 e. The van der Waals surface area contributed by atoms with Crippen LogP contribution in [-0.2, 0) is 16.0 Å². The van der Waals surface area contributed by atoms with Gasteiger partial charge in [-0.25, -0.2) is 0 Å².